The zero-order valence-electron chi connectivity index (χ0n) is 7.34. The molecule has 14 heavy (non-hydrogen) atoms. The Bertz CT molecular complexity index is 427. The van der Waals surface area contributed by atoms with E-state index in [0.717, 1.165) is 0 Å². The minimum Gasteiger partial charge on any atom is -0.475 e. The smallest absolute Gasteiger partial charge is 0.371 e. The van der Waals surface area contributed by atoms with Crippen molar-refractivity contribution in [1.29, 1.82) is 0 Å². The standard InChI is InChI=1S/C8H7N3O3/c1-5(10-11-9)4-6-2-3-7(14-6)8(12)13/h2-4H,1H3,(H,12,13)/b5-4-. The molecule has 0 bridgehead atoms. The van der Waals surface area contributed by atoms with Crippen molar-refractivity contribution in [2.24, 2.45) is 5.11 Å². The summed E-state index contributed by atoms with van der Waals surface area (Å²) in [6.07, 6.45) is 1.45. The number of rotatable bonds is 3. The molecule has 1 aromatic rings. The Kier molecular flexibility index (Phi) is 2.93. The second-order valence-electron chi connectivity index (χ2n) is 2.48. The summed E-state index contributed by atoms with van der Waals surface area (Å²) in [4.78, 5) is 13.0. The van der Waals surface area contributed by atoms with Gasteiger partial charge in [0.25, 0.3) is 0 Å². The van der Waals surface area contributed by atoms with E-state index in [0.29, 0.717) is 11.5 Å². The van der Waals surface area contributed by atoms with Crippen LogP contribution < -0.4 is 0 Å². The molecule has 0 aliphatic heterocycles. The summed E-state index contributed by atoms with van der Waals surface area (Å²) in [5, 5.41) is 11.8. The van der Waals surface area contributed by atoms with Crippen molar-refractivity contribution in [3.05, 3.63) is 39.8 Å². The Labute approximate surface area is 79.1 Å². The lowest BCUT2D eigenvalue weighted by Gasteiger charge is -1.87. The van der Waals surface area contributed by atoms with Crippen LogP contribution >= 0.6 is 0 Å². The summed E-state index contributed by atoms with van der Waals surface area (Å²) >= 11 is 0. The van der Waals surface area contributed by atoms with Gasteiger partial charge in [-0.15, -0.1) is 0 Å². The van der Waals surface area contributed by atoms with Gasteiger partial charge in [0.05, 0.1) is 0 Å². The Morgan fingerprint density at radius 3 is 2.93 bits per heavy atom. The molecule has 1 heterocycles. The summed E-state index contributed by atoms with van der Waals surface area (Å²) in [6, 6.07) is 2.82. The topological polar surface area (TPSA) is 99.2 Å². The molecule has 0 atom stereocenters. The normalized spacial score (nSPS) is 10.8. The SMILES string of the molecule is C/C(=C/c1ccc(C(=O)O)o1)N=[N+]=[N-]. The van der Waals surface area contributed by atoms with Crippen LogP contribution in [0.5, 0.6) is 0 Å². The molecule has 6 heteroatoms. The molecule has 1 N–H and O–H groups in total. The molecule has 0 saturated heterocycles. The van der Waals surface area contributed by atoms with Crippen LogP contribution in [0.2, 0.25) is 0 Å². The fourth-order valence-corrected chi connectivity index (χ4v) is 0.851. The Balaban J connectivity index is 2.93. The monoisotopic (exact) mass is 193 g/mol. The van der Waals surface area contributed by atoms with Gasteiger partial charge >= 0.3 is 5.97 Å². The molecule has 0 amide bonds. The van der Waals surface area contributed by atoms with E-state index in [1.54, 1.807) is 6.92 Å². The van der Waals surface area contributed by atoms with Crippen LogP contribution in [0.15, 0.2) is 27.4 Å². The highest BCUT2D eigenvalue weighted by atomic mass is 16.4. The van der Waals surface area contributed by atoms with Crippen molar-refractivity contribution in [3.8, 4) is 0 Å². The molecule has 0 fully saturated rings. The van der Waals surface area contributed by atoms with Crippen molar-refractivity contribution >= 4 is 12.0 Å². The van der Waals surface area contributed by atoms with Gasteiger partial charge in [-0.1, -0.05) is 5.11 Å². The maximum absolute atomic E-state index is 10.4. The molecule has 1 aromatic heterocycles. The van der Waals surface area contributed by atoms with Gasteiger partial charge in [0.2, 0.25) is 5.76 Å². The van der Waals surface area contributed by atoms with E-state index in [9.17, 15) is 4.79 Å². The summed E-state index contributed by atoms with van der Waals surface area (Å²) in [7, 11) is 0. The molecule has 0 aliphatic carbocycles. The van der Waals surface area contributed by atoms with Gasteiger partial charge in [-0.25, -0.2) is 4.79 Å². The van der Waals surface area contributed by atoms with Crippen LogP contribution in [0.4, 0.5) is 0 Å². The number of carbonyl (C=O) groups is 1. The predicted molar refractivity (Wildman–Crippen MR) is 48.5 cm³/mol. The first-order valence-corrected chi connectivity index (χ1v) is 3.70. The van der Waals surface area contributed by atoms with Crippen LogP contribution in [-0.2, 0) is 0 Å². The van der Waals surface area contributed by atoms with E-state index in [1.165, 1.54) is 18.2 Å². The third-order valence-corrected chi connectivity index (χ3v) is 1.39. The number of hydrogen-bond donors (Lipinski definition) is 1. The Hall–Kier alpha value is -2.20. The third-order valence-electron chi connectivity index (χ3n) is 1.39. The zero-order valence-corrected chi connectivity index (χ0v) is 7.34. The van der Waals surface area contributed by atoms with Gasteiger partial charge in [-0.3, -0.25) is 0 Å². The number of azide groups is 1. The molecule has 0 saturated carbocycles. The van der Waals surface area contributed by atoms with Gasteiger partial charge < -0.3 is 9.52 Å². The minimum absolute atomic E-state index is 0.148. The zero-order chi connectivity index (χ0) is 10.6. The van der Waals surface area contributed by atoms with E-state index in [1.807, 2.05) is 0 Å². The molecule has 0 aliphatic rings. The van der Waals surface area contributed by atoms with Crippen molar-refractivity contribution in [1.82, 2.24) is 0 Å². The number of aromatic carboxylic acids is 1. The largest absolute Gasteiger partial charge is 0.475 e. The Morgan fingerprint density at radius 1 is 1.71 bits per heavy atom. The lowest BCUT2D eigenvalue weighted by Crippen LogP contribution is -1.91. The third kappa shape index (κ3) is 2.40. The lowest BCUT2D eigenvalue weighted by molar-refractivity contribution is 0.0662. The second kappa shape index (κ2) is 4.15. The van der Waals surface area contributed by atoms with Crippen LogP contribution in [0, 0.1) is 0 Å². The van der Waals surface area contributed by atoms with Crippen molar-refractivity contribution in [2.45, 2.75) is 6.92 Å². The van der Waals surface area contributed by atoms with Gasteiger partial charge in [0, 0.05) is 10.6 Å². The highest BCUT2D eigenvalue weighted by Crippen LogP contribution is 2.12. The lowest BCUT2D eigenvalue weighted by atomic mass is 10.3. The van der Waals surface area contributed by atoms with E-state index in [-0.39, 0.29) is 5.76 Å². The number of furan rings is 1. The molecular formula is C8H7N3O3. The molecule has 1 rings (SSSR count). The van der Waals surface area contributed by atoms with Crippen molar-refractivity contribution in [2.75, 3.05) is 0 Å². The first-order valence-electron chi connectivity index (χ1n) is 3.70. The minimum atomic E-state index is -1.13. The number of carboxylic acid groups (broad SMARTS) is 1. The number of carboxylic acids is 1. The number of allylic oxidation sites excluding steroid dienone is 1. The van der Waals surface area contributed by atoms with Crippen LogP contribution in [0.25, 0.3) is 16.5 Å². The summed E-state index contributed by atoms with van der Waals surface area (Å²) in [5.41, 5.74) is 8.50. The Morgan fingerprint density at radius 2 is 2.43 bits per heavy atom. The highest BCUT2D eigenvalue weighted by Gasteiger charge is 2.06. The summed E-state index contributed by atoms with van der Waals surface area (Å²) in [5.74, 6) is -0.941. The summed E-state index contributed by atoms with van der Waals surface area (Å²) < 4.78 is 4.90. The van der Waals surface area contributed by atoms with E-state index < -0.39 is 5.97 Å². The van der Waals surface area contributed by atoms with Crippen LogP contribution in [-0.4, -0.2) is 11.1 Å². The molecule has 72 valence electrons. The maximum Gasteiger partial charge on any atom is 0.371 e. The average Bonchev–Trinajstić information content (AvgIpc) is 2.53. The van der Waals surface area contributed by atoms with Crippen LogP contribution in [0.3, 0.4) is 0 Å². The highest BCUT2D eigenvalue weighted by molar-refractivity contribution is 5.84. The van der Waals surface area contributed by atoms with Gasteiger partial charge in [0.1, 0.15) is 5.76 Å². The van der Waals surface area contributed by atoms with Crippen LogP contribution in [0.1, 0.15) is 23.2 Å². The fourth-order valence-electron chi connectivity index (χ4n) is 0.851. The van der Waals surface area contributed by atoms with E-state index in [4.69, 9.17) is 15.1 Å². The molecule has 0 unspecified atom stereocenters. The van der Waals surface area contributed by atoms with Gasteiger partial charge in [-0.2, -0.15) is 0 Å². The van der Waals surface area contributed by atoms with Gasteiger partial charge in [0.15, 0.2) is 0 Å². The molecule has 6 nitrogen and oxygen atoms in total. The molecule has 0 aromatic carbocycles. The quantitative estimate of drug-likeness (QED) is 0.453. The fraction of sp³-hybridized carbons (Fsp3) is 0.125. The first-order chi connectivity index (χ1) is 6.63. The molecular weight excluding hydrogens is 186 g/mol. The average molecular weight is 193 g/mol. The maximum atomic E-state index is 10.4. The van der Waals surface area contributed by atoms with E-state index >= 15 is 0 Å². The van der Waals surface area contributed by atoms with E-state index in [2.05, 4.69) is 10.0 Å². The number of nitrogens with zero attached hydrogens (tertiary/aromatic N) is 3. The first kappa shape index (κ1) is 9.88. The second-order valence-corrected chi connectivity index (χ2v) is 2.48. The predicted octanol–water partition coefficient (Wildman–Crippen LogP) is 2.65. The number of hydrogen-bond acceptors (Lipinski definition) is 3. The van der Waals surface area contributed by atoms with Crippen molar-refractivity contribution < 1.29 is 14.3 Å². The molecule has 0 radical (unpaired) electrons. The molecule has 0 spiro atoms. The van der Waals surface area contributed by atoms with Crippen molar-refractivity contribution in [3.63, 3.8) is 0 Å². The summed E-state index contributed by atoms with van der Waals surface area (Å²) in [6.45, 7) is 1.59. The van der Waals surface area contributed by atoms with Gasteiger partial charge in [-0.05, 0) is 30.7 Å².